The molecule has 0 unspecified atom stereocenters. The van der Waals surface area contributed by atoms with E-state index >= 15 is 0 Å². The summed E-state index contributed by atoms with van der Waals surface area (Å²) in [5.74, 6) is -2.34. The summed E-state index contributed by atoms with van der Waals surface area (Å²) in [6.45, 7) is 2.17. The van der Waals surface area contributed by atoms with Crippen molar-refractivity contribution < 1.29 is 61.8 Å². The summed E-state index contributed by atoms with van der Waals surface area (Å²) >= 11 is 0. The van der Waals surface area contributed by atoms with Gasteiger partial charge < -0.3 is 19.0 Å². The van der Waals surface area contributed by atoms with Crippen molar-refractivity contribution >= 4 is 13.4 Å². The fraction of sp³-hybridized carbons (Fsp3) is 0.261. The van der Waals surface area contributed by atoms with Crippen molar-refractivity contribution in [3.63, 3.8) is 0 Å². The number of halogens is 2. The Morgan fingerprint density at radius 1 is 1.03 bits per heavy atom. The molecule has 2 aliphatic rings. The van der Waals surface area contributed by atoms with Crippen LogP contribution >= 0.6 is 7.67 Å². The molecule has 0 spiro atoms. The van der Waals surface area contributed by atoms with Gasteiger partial charge in [0.05, 0.1) is 11.5 Å². The summed E-state index contributed by atoms with van der Waals surface area (Å²) < 4.78 is 62.2. The summed E-state index contributed by atoms with van der Waals surface area (Å²) in [6, 6.07) is 9.11. The zero-order valence-corrected chi connectivity index (χ0v) is 22.7. The number of ether oxygens (including phenoxy) is 2. The van der Waals surface area contributed by atoms with Gasteiger partial charge in [-0.05, 0) is 41.6 Å². The van der Waals surface area contributed by atoms with Crippen LogP contribution in [-0.4, -0.2) is 45.4 Å². The van der Waals surface area contributed by atoms with Gasteiger partial charge in [-0.1, -0.05) is 6.20 Å². The first-order chi connectivity index (χ1) is 17.3. The number of hydrogen-bond acceptors (Lipinski definition) is 7. The van der Waals surface area contributed by atoms with E-state index in [1.165, 1.54) is 36.5 Å². The molecule has 1 aromatic heterocycles. The minimum Gasteiger partial charge on any atom is -0.483 e. The fourth-order valence-electron chi connectivity index (χ4n) is 3.46. The van der Waals surface area contributed by atoms with Gasteiger partial charge in [0, 0.05) is 38.0 Å². The molecule has 14 heteroatoms. The van der Waals surface area contributed by atoms with E-state index in [2.05, 4.69) is 11.2 Å². The maximum absolute atomic E-state index is 14.7. The van der Waals surface area contributed by atoms with Gasteiger partial charge in [0.15, 0.2) is 17.4 Å². The molecular formula is C23H20F2N4NaO6P. The Labute approximate surface area is 233 Å². The van der Waals surface area contributed by atoms with Crippen LogP contribution in [0.4, 0.5) is 14.5 Å². The van der Waals surface area contributed by atoms with Crippen LogP contribution in [0.25, 0.3) is 0 Å². The normalized spacial score (nSPS) is 15.1. The first-order valence-corrected chi connectivity index (χ1v) is 12.5. The van der Waals surface area contributed by atoms with Gasteiger partial charge >= 0.3 is 42.9 Å². The van der Waals surface area contributed by atoms with Gasteiger partial charge in [0.25, 0.3) is 0 Å². The molecule has 2 fully saturated rings. The minimum absolute atomic E-state index is 0. The number of pyridine rings is 1. The van der Waals surface area contributed by atoms with E-state index in [9.17, 15) is 23.5 Å². The van der Waals surface area contributed by atoms with Crippen molar-refractivity contribution in [1.82, 2.24) is 14.3 Å². The van der Waals surface area contributed by atoms with Crippen LogP contribution in [0.5, 0.6) is 17.2 Å². The van der Waals surface area contributed by atoms with E-state index in [4.69, 9.17) is 14.0 Å². The van der Waals surface area contributed by atoms with Crippen LogP contribution < -0.4 is 39.0 Å². The first-order valence-electron chi connectivity index (χ1n) is 11.0. The van der Waals surface area contributed by atoms with Gasteiger partial charge in [0.2, 0.25) is 5.75 Å². The van der Waals surface area contributed by atoms with Gasteiger partial charge in [0.1, 0.15) is 6.61 Å². The van der Waals surface area contributed by atoms with Crippen LogP contribution in [0.15, 0.2) is 48.7 Å². The van der Waals surface area contributed by atoms with Crippen molar-refractivity contribution in [3.8, 4) is 17.2 Å². The third-order valence-corrected chi connectivity index (χ3v) is 8.14. The van der Waals surface area contributed by atoms with Crippen molar-refractivity contribution in [2.45, 2.75) is 13.2 Å². The van der Waals surface area contributed by atoms with E-state index in [1.807, 2.05) is 0 Å². The largest absolute Gasteiger partial charge is 1.00 e. The van der Waals surface area contributed by atoms with Crippen molar-refractivity contribution in [1.29, 1.82) is 0 Å². The van der Waals surface area contributed by atoms with Crippen LogP contribution in [0.3, 0.4) is 0 Å². The number of nitro groups is 1. The van der Waals surface area contributed by atoms with E-state index in [0.29, 0.717) is 31.7 Å². The third kappa shape index (κ3) is 6.53. The molecule has 2 saturated heterocycles. The molecule has 3 heterocycles. The van der Waals surface area contributed by atoms with Gasteiger partial charge in [-0.15, -0.1) is 6.07 Å². The maximum Gasteiger partial charge on any atom is 1.00 e. The zero-order chi connectivity index (χ0) is 25.3. The molecule has 3 aromatic rings. The Balaban J connectivity index is 0.00000320. The summed E-state index contributed by atoms with van der Waals surface area (Å²) in [5, 5.41) is 11.4. The molecular weight excluding hydrogens is 520 g/mol. The maximum atomic E-state index is 14.7. The average Bonchev–Trinajstić information content (AvgIpc) is 3.76. The van der Waals surface area contributed by atoms with Crippen molar-refractivity contribution in [3.05, 3.63) is 87.7 Å². The standard InChI is InChI=1S/C23H20F2N4O6P.Na/c24-19-10-17(15-34-36(32,27-6-7-27)28-8-9-28)11-20(25)23(19)33-14-16-3-4-21(29(30)31)22(12-16)35-18-2-1-5-26-13-18;/h1-4,10-13H,6-9,14-15H2;/q-1;+1. The molecule has 0 amide bonds. The fourth-order valence-corrected chi connectivity index (χ4v) is 5.65. The zero-order valence-electron chi connectivity index (χ0n) is 19.8. The molecule has 0 atom stereocenters. The third-order valence-electron chi connectivity index (χ3n) is 5.44. The number of benzene rings is 2. The molecule has 37 heavy (non-hydrogen) atoms. The number of nitro benzene ring substituents is 1. The molecule has 5 rings (SSSR count). The van der Waals surface area contributed by atoms with Crippen molar-refractivity contribution in [2.75, 3.05) is 26.2 Å². The smallest absolute Gasteiger partial charge is 0.483 e. The van der Waals surface area contributed by atoms with Crippen LogP contribution in [0.1, 0.15) is 11.1 Å². The second-order valence-electron chi connectivity index (χ2n) is 8.13. The SMILES string of the molecule is O=[N+]([O-])c1ccc(COc2c(F)cc(COP(=O)(N3CC3)N3CC3)cc2F)cc1Oc1cc[c-]nc1.[Na+]. The van der Waals surface area contributed by atoms with Crippen LogP contribution in [0, 0.1) is 27.9 Å². The molecule has 0 bridgehead atoms. The summed E-state index contributed by atoms with van der Waals surface area (Å²) in [5.41, 5.74) is 0.270. The van der Waals surface area contributed by atoms with Gasteiger partial charge in [-0.25, -0.2) is 18.1 Å². The Morgan fingerprint density at radius 2 is 1.70 bits per heavy atom. The predicted octanol–water partition coefficient (Wildman–Crippen LogP) is 1.70. The Kier molecular flexibility index (Phi) is 8.59. The Bertz CT molecular complexity index is 1310. The summed E-state index contributed by atoms with van der Waals surface area (Å²) in [6.07, 6.45) is 3.91. The second kappa shape index (κ2) is 11.5. The quantitative estimate of drug-likeness (QED) is 0.0897. The first kappa shape index (κ1) is 27.6. The van der Waals surface area contributed by atoms with Crippen LogP contribution in [-0.2, 0) is 22.3 Å². The van der Waals surface area contributed by atoms with Gasteiger partial charge in [-0.3, -0.25) is 14.7 Å². The monoisotopic (exact) mass is 540 g/mol. The van der Waals surface area contributed by atoms with E-state index in [-0.39, 0.29) is 65.5 Å². The molecule has 0 aliphatic carbocycles. The summed E-state index contributed by atoms with van der Waals surface area (Å²) in [7, 11) is -3.12. The number of hydrogen-bond donors (Lipinski definition) is 0. The second-order valence-corrected chi connectivity index (χ2v) is 10.5. The van der Waals surface area contributed by atoms with Gasteiger partial charge in [-0.2, -0.15) is 6.07 Å². The Hall–Kier alpha value is -2.44. The molecule has 0 radical (unpaired) electrons. The minimum atomic E-state index is -3.12. The number of aromatic nitrogens is 1. The molecule has 2 aliphatic heterocycles. The molecule has 0 N–H and O–H groups in total. The van der Waals surface area contributed by atoms with E-state index < -0.39 is 30.0 Å². The average molecular weight is 540 g/mol. The Morgan fingerprint density at radius 3 is 2.27 bits per heavy atom. The molecule has 10 nitrogen and oxygen atoms in total. The topological polar surface area (TPSA) is 107 Å². The summed E-state index contributed by atoms with van der Waals surface area (Å²) in [4.78, 5) is 14.5. The molecule has 188 valence electrons. The van der Waals surface area contributed by atoms with E-state index in [0.717, 1.165) is 12.1 Å². The molecule has 2 aromatic carbocycles. The van der Waals surface area contributed by atoms with Crippen LogP contribution in [0.2, 0.25) is 0 Å². The molecule has 0 saturated carbocycles. The predicted molar refractivity (Wildman–Crippen MR) is 122 cm³/mol. The van der Waals surface area contributed by atoms with E-state index in [1.54, 1.807) is 9.34 Å². The number of rotatable bonds is 11. The number of nitrogens with zero attached hydrogens (tertiary/aromatic N) is 4. The van der Waals surface area contributed by atoms with Crippen molar-refractivity contribution in [2.24, 2.45) is 0 Å².